The second-order valence-electron chi connectivity index (χ2n) is 4.52. The van der Waals surface area contributed by atoms with Crippen molar-refractivity contribution in [2.75, 3.05) is 0 Å². The Bertz CT molecular complexity index is 666. The van der Waals surface area contributed by atoms with Crippen molar-refractivity contribution in [3.05, 3.63) is 45.4 Å². The van der Waals surface area contributed by atoms with Gasteiger partial charge in [-0.15, -0.1) is 24.5 Å². The van der Waals surface area contributed by atoms with Crippen LogP contribution in [-0.2, 0) is 6.54 Å². The van der Waals surface area contributed by atoms with Gasteiger partial charge in [-0.2, -0.15) is 0 Å². The van der Waals surface area contributed by atoms with E-state index in [9.17, 15) is 18.0 Å². The first-order valence-corrected chi connectivity index (χ1v) is 7.13. The molecule has 1 heterocycles. The fraction of sp³-hybridized carbons (Fsp3) is 0.286. The number of hydrogen-bond donors (Lipinski definition) is 1. The molecular formula is C14H13F3N2O2S. The molecule has 2 rings (SSSR count). The maximum atomic E-state index is 12.0. The first-order chi connectivity index (χ1) is 10.2. The fourth-order valence-electron chi connectivity index (χ4n) is 1.81. The Morgan fingerprint density at radius 1 is 1.27 bits per heavy atom. The van der Waals surface area contributed by atoms with Gasteiger partial charge in [0.1, 0.15) is 10.6 Å². The molecule has 1 amide bonds. The summed E-state index contributed by atoms with van der Waals surface area (Å²) in [5.41, 5.74) is 1.33. The summed E-state index contributed by atoms with van der Waals surface area (Å²) in [7, 11) is 0. The van der Waals surface area contributed by atoms with Gasteiger partial charge in [0.15, 0.2) is 0 Å². The normalized spacial score (nSPS) is 11.3. The van der Waals surface area contributed by atoms with Gasteiger partial charge in [0.05, 0.1) is 10.7 Å². The molecule has 0 spiro atoms. The van der Waals surface area contributed by atoms with Crippen LogP contribution < -0.4 is 10.1 Å². The van der Waals surface area contributed by atoms with Gasteiger partial charge in [0, 0.05) is 6.54 Å². The molecular weight excluding hydrogens is 317 g/mol. The Kier molecular flexibility index (Phi) is 4.70. The lowest BCUT2D eigenvalue weighted by Crippen LogP contribution is -2.22. The molecule has 0 fully saturated rings. The number of ether oxygens (including phenoxy) is 1. The second kappa shape index (κ2) is 6.35. The molecule has 1 aromatic carbocycles. The standard InChI is InChI=1S/C14H13F3N2O2S/c1-8-12(22-9(2)19-8)13(20)18-7-10-3-5-11(6-4-10)21-14(15,16)17/h3-6H,7H2,1-2H3,(H,18,20). The number of thiazole rings is 1. The van der Waals surface area contributed by atoms with Gasteiger partial charge in [0.25, 0.3) is 5.91 Å². The fourth-order valence-corrected chi connectivity index (χ4v) is 2.65. The van der Waals surface area contributed by atoms with Crippen LogP contribution in [0.3, 0.4) is 0 Å². The highest BCUT2D eigenvalue weighted by atomic mass is 32.1. The van der Waals surface area contributed by atoms with E-state index in [1.54, 1.807) is 6.92 Å². The quantitative estimate of drug-likeness (QED) is 0.932. The van der Waals surface area contributed by atoms with E-state index in [-0.39, 0.29) is 18.2 Å². The predicted molar refractivity (Wildman–Crippen MR) is 75.9 cm³/mol. The number of carbonyl (C=O) groups excluding carboxylic acids is 1. The van der Waals surface area contributed by atoms with E-state index in [2.05, 4.69) is 15.0 Å². The number of amides is 1. The van der Waals surface area contributed by atoms with Gasteiger partial charge in [0.2, 0.25) is 0 Å². The van der Waals surface area contributed by atoms with Crippen molar-refractivity contribution in [3.63, 3.8) is 0 Å². The van der Waals surface area contributed by atoms with E-state index in [1.807, 2.05) is 6.92 Å². The van der Waals surface area contributed by atoms with E-state index in [0.29, 0.717) is 16.1 Å². The number of rotatable bonds is 4. The molecule has 2 aromatic rings. The van der Waals surface area contributed by atoms with Crippen molar-refractivity contribution >= 4 is 17.2 Å². The molecule has 1 N–H and O–H groups in total. The lowest BCUT2D eigenvalue weighted by Gasteiger charge is -2.09. The highest BCUT2D eigenvalue weighted by Crippen LogP contribution is 2.23. The van der Waals surface area contributed by atoms with Crippen molar-refractivity contribution in [2.45, 2.75) is 26.8 Å². The Morgan fingerprint density at radius 2 is 1.91 bits per heavy atom. The average Bonchev–Trinajstić information content (AvgIpc) is 2.75. The van der Waals surface area contributed by atoms with Crippen LogP contribution in [0.4, 0.5) is 13.2 Å². The van der Waals surface area contributed by atoms with Crippen LogP contribution >= 0.6 is 11.3 Å². The lowest BCUT2D eigenvalue weighted by molar-refractivity contribution is -0.274. The van der Waals surface area contributed by atoms with Crippen molar-refractivity contribution in [3.8, 4) is 5.75 Å². The Labute approximate surface area is 128 Å². The first-order valence-electron chi connectivity index (χ1n) is 6.31. The summed E-state index contributed by atoms with van der Waals surface area (Å²) in [5.74, 6) is -0.546. The maximum Gasteiger partial charge on any atom is 0.573 e. The summed E-state index contributed by atoms with van der Waals surface area (Å²) in [6.45, 7) is 3.77. The molecule has 0 aliphatic rings. The molecule has 0 aliphatic carbocycles. The third-order valence-electron chi connectivity index (χ3n) is 2.72. The minimum atomic E-state index is -4.71. The maximum absolute atomic E-state index is 12.0. The molecule has 8 heteroatoms. The third-order valence-corrected chi connectivity index (χ3v) is 3.79. The van der Waals surface area contributed by atoms with Gasteiger partial charge in [-0.1, -0.05) is 12.1 Å². The average molecular weight is 330 g/mol. The molecule has 0 aliphatic heterocycles. The molecule has 4 nitrogen and oxygen atoms in total. The van der Waals surface area contributed by atoms with Crippen LogP contribution in [0.1, 0.15) is 25.9 Å². The zero-order valence-electron chi connectivity index (χ0n) is 11.8. The lowest BCUT2D eigenvalue weighted by atomic mass is 10.2. The highest BCUT2D eigenvalue weighted by Gasteiger charge is 2.30. The van der Waals surface area contributed by atoms with Crippen LogP contribution in [0, 0.1) is 13.8 Å². The molecule has 0 saturated carbocycles. The Hall–Kier alpha value is -2.09. The number of halogens is 3. The molecule has 0 bridgehead atoms. The van der Waals surface area contributed by atoms with Crippen molar-refractivity contribution in [1.82, 2.24) is 10.3 Å². The number of nitrogens with zero attached hydrogens (tertiary/aromatic N) is 1. The molecule has 0 saturated heterocycles. The summed E-state index contributed by atoms with van der Waals surface area (Å²) in [5, 5.41) is 3.51. The topological polar surface area (TPSA) is 51.2 Å². The molecule has 0 unspecified atom stereocenters. The van der Waals surface area contributed by atoms with Crippen LogP contribution in [0.2, 0.25) is 0 Å². The van der Waals surface area contributed by atoms with Gasteiger partial charge < -0.3 is 10.1 Å². The number of carbonyl (C=O) groups is 1. The largest absolute Gasteiger partial charge is 0.573 e. The minimum Gasteiger partial charge on any atom is -0.406 e. The second-order valence-corrected chi connectivity index (χ2v) is 5.73. The van der Waals surface area contributed by atoms with E-state index in [1.165, 1.54) is 35.6 Å². The van der Waals surface area contributed by atoms with Crippen LogP contribution in [0.15, 0.2) is 24.3 Å². The van der Waals surface area contributed by atoms with Crippen molar-refractivity contribution in [2.24, 2.45) is 0 Å². The number of nitrogens with one attached hydrogen (secondary N) is 1. The van der Waals surface area contributed by atoms with E-state index in [4.69, 9.17) is 0 Å². The zero-order valence-corrected chi connectivity index (χ0v) is 12.6. The molecule has 118 valence electrons. The van der Waals surface area contributed by atoms with Crippen LogP contribution in [0.25, 0.3) is 0 Å². The van der Waals surface area contributed by atoms with Gasteiger partial charge >= 0.3 is 6.36 Å². The summed E-state index contributed by atoms with van der Waals surface area (Å²) >= 11 is 1.30. The Morgan fingerprint density at radius 3 is 2.41 bits per heavy atom. The zero-order chi connectivity index (χ0) is 16.3. The predicted octanol–water partition coefficient (Wildman–Crippen LogP) is 3.59. The highest BCUT2D eigenvalue weighted by molar-refractivity contribution is 7.13. The van der Waals surface area contributed by atoms with E-state index >= 15 is 0 Å². The summed E-state index contributed by atoms with van der Waals surface area (Å²) in [6, 6.07) is 5.34. The molecule has 0 radical (unpaired) electrons. The summed E-state index contributed by atoms with van der Waals surface area (Å²) < 4.78 is 39.9. The number of aryl methyl sites for hydroxylation is 2. The van der Waals surface area contributed by atoms with Crippen LogP contribution in [0.5, 0.6) is 5.75 Å². The SMILES string of the molecule is Cc1nc(C)c(C(=O)NCc2ccc(OC(F)(F)F)cc2)s1. The number of hydrogen-bond acceptors (Lipinski definition) is 4. The number of benzene rings is 1. The third kappa shape index (κ3) is 4.45. The van der Waals surface area contributed by atoms with Crippen molar-refractivity contribution < 1.29 is 22.7 Å². The van der Waals surface area contributed by atoms with Gasteiger partial charge in [-0.3, -0.25) is 4.79 Å². The van der Waals surface area contributed by atoms with Crippen molar-refractivity contribution in [1.29, 1.82) is 0 Å². The smallest absolute Gasteiger partial charge is 0.406 e. The monoisotopic (exact) mass is 330 g/mol. The number of aromatic nitrogens is 1. The van der Waals surface area contributed by atoms with Gasteiger partial charge in [-0.25, -0.2) is 4.98 Å². The van der Waals surface area contributed by atoms with Crippen LogP contribution in [-0.4, -0.2) is 17.3 Å². The first kappa shape index (κ1) is 16.3. The van der Waals surface area contributed by atoms with E-state index in [0.717, 1.165) is 5.01 Å². The minimum absolute atomic E-state index is 0.210. The molecule has 22 heavy (non-hydrogen) atoms. The van der Waals surface area contributed by atoms with E-state index < -0.39 is 6.36 Å². The summed E-state index contributed by atoms with van der Waals surface area (Å²) in [6.07, 6.45) is -4.71. The van der Waals surface area contributed by atoms with Gasteiger partial charge in [-0.05, 0) is 31.5 Å². The summed E-state index contributed by atoms with van der Waals surface area (Å²) in [4.78, 5) is 16.7. The molecule has 1 aromatic heterocycles. The Balaban J connectivity index is 1.94. The molecule has 0 atom stereocenters. The number of alkyl halides is 3.